The summed E-state index contributed by atoms with van der Waals surface area (Å²) < 4.78 is 0. The zero-order valence-electron chi connectivity index (χ0n) is 13.7. The van der Waals surface area contributed by atoms with Gasteiger partial charge in [-0.25, -0.2) is 0 Å². The first kappa shape index (κ1) is 15.8. The van der Waals surface area contributed by atoms with Gasteiger partial charge >= 0.3 is 0 Å². The van der Waals surface area contributed by atoms with Crippen LogP contribution in [0, 0.1) is 0 Å². The van der Waals surface area contributed by atoms with Crippen LogP contribution >= 0.6 is 0 Å². The maximum absolute atomic E-state index is 3.97. The van der Waals surface area contributed by atoms with E-state index in [-0.39, 0.29) is 0 Å². The second-order valence-electron chi connectivity index (χ2n) is 6.18. The number of hydrogen-bond acceptors (Lipinski definition) is 1. The average molecular weight is 303 g/mol. The van der Waals surface area contributed by atoms with Gasteiger partial charge in [0.05, 0.1) is 0 Å². The zero-order chi connectivity index (χ0) is 15.9. The predicted molar refractivity (Wildman–Crippen MR) is 99.1 cm³/mol. The Hall–Kier alpha value is -2.12. The first-order valence-corrected chi connectivity index (χ1v) is 8.53. The summed E-state index contributed by atoms with van der Waals surface area (Å²) in [6.07, 6.45) is 8.14. The molecule has 1 aliphatic rings. The van der Waals surface area contributed by atoms with Crippen molar-refractivity contribution >= 4 is 5.57 Å². The molecule has 2 aromatic rings. The van der Waals surface area contributed by atoms with Crippen molar-refractivity contribution in [1.29, 1.82) is 0 Å². The monoisotopic (exact) mass is 303 g/mol. The minimum atomic E-state index is 0.476. The molecule has 0 aromatic heterocycles. The van der Waals surface area contributed by atoms with Gasteiger partial charge in [0, 0.05) is 19.1 Å². The third-order valence-corrected chi connectivity index (χ3v) is 4.54. The van der Waals surface area contributed by atoms with Gasteiger partial charge in [0.2, 0.25) is 0 Å². The van der Waals surface area contributed by atoms with Crippen molar-refractivity contribution in [2.24, 2.45) is 0 Å². The highest BCUT2D eigenvalue weighted by Crippen LogP contribution is 2.31. The SMILES string of the molecule is C=CCN(Cc1ccccc1)C1CCCC=C1c1ccccc1. The van der Waals surface area contributed by atoms with Gasteiger partial charge in [-0.2, -0.15) is 0 Å². The minimum Gasteiger partial charge on any atom is -0.288 e. The molecule has 1 unspecified atom stereocenters. The van der Waals surface area contributed by atoms with Gasteiger partial charge < -0.3 is 0 Å². The molecule has 0 saturated carbocycles. The topological polar surface area (TPSA) is 3.24 Å². The fourth-order valence-corrected chi connectivity index (χ4v) is 3.47. The number of benzene rings is 2. The Labute approximate surface area is 140 Å². The molecular formula is C22H25N. The van der Waals surface area contributed by atoms with Gasteiger partial charge in [-0.3, -0.25) is 4.90 Å². The van der Waals surface area contributed by atoms with E-state index in [0.717, 1.165) is 13.1 Å². The van der Waals surface area contributed by atoms with Crippen LogP contribution in [-0.4, -0.2) is 17.5 Å². The fourth-order valence-electron chi connectivity index (χ4n) is 3.47. The van der Waals surface area contributed by atoms with Crippen LogP contribution in [0.15, 0.2) is 79.4 Å². The third-order valence-electron chi connectivity index (χ3n) is 4.54. The molecule has 23 heavy (non-hydrogen) atoms. The van der Waals surface area contributed by atoms with Crippen LogP contribution in [0.1, 0.15) is 30.4 Å². The summed E-state index contributed by atoms with van der Waals surface area (Å²) in [7, 11) is 0. The van der Waals surface area contributed by atoms with Gasteiger partial charge in [0.1, 0.15) is 0 Å². The highest BCUT2D eigenvalue weighted by atomic mass is 15.1. The van der Waals surface area contributed by atoms with Crippen molar-refractivity contribution in [3.63, 3.8) is 0 Å². The Morgan fingerprint density at radius 3 is 2.39 bits per heavy atom. The second kappa shape index (κ2) is 7.94. The highest BCUT2D eigenvalue weighted by molar-refractivity contribution is 5.70. The summed E-state index contributed by atoms with van der Waals surface area (Å²) >= 11 is 0. The van der Waals surface area contributed by atoms with E-state index in [1.807, 2.05) is 6.08 Å². The van der Waals surface area contributed by atoms with E-state index in [9.17, 15) is 0 Å². The van der Waals surface area contributed by atoms with E-state index >= 15 is 0 Å². The Kier molecular flexibility index (Phi) is 5.44. The van der Waals surface area contributed by atoms with Crippen LogP contribution in [-0.2, 0) is 6.54 Å². The molecule has 0 spiro atoms. The normalized spacial score (nSPS) is 17.8. The summed E-state index contributed by atoms with van der Waals surface area (Å²) in [4.78, 5) is 2.56. The molecule has 0 heterocycles. The van der Waals surface area contributed by atoms with Crippen LogP contribution in [0.25, 0.3) is 5.57 Å². The van der Waals surface area contributed by atoms with E-state index in [4.69, 9.17) is 0 Å². The van der Waals surface area contributed by atoms with Crippen molar-refractivity contribution in [3.8, 4) is 0 Å². The lowest BCUT2D eigenvalue weighted by molar-refractivity contribution is 0.235. The molecule has 0 amide bonds. The molecular weight excluding hydrogens is 278 g/mol. The maximum atomic E-state index is 3.97. The number of hydrogen-bond donors (Lipinski definition) is 0. The molecule has 0 N–H and O–H groups in total. The van der Waals surface area contributed by atoms with Crippen LogP contribution in [0.5, 0.6) is 0 Å². The lowest BCUT2D eigenvalue weighted by Crippen LogP contribution is -2.37. The van der Waals surface area contributed by atoms with E-state index in [1.54, 1.807) is 0 Å². The molecule has 0 bridgehead atoms. The number of nitrogens with zero attached hydrogens (tertiary/aromatic N) is 1. The fraction of sp³-hybridized carbons (Fsp3) is 0.273. The van der Waals surface area contributed by atoms with Crippen molar-refractivity contribution in [1.82, 2.24) is 4.90 Å². The molecule has 1 heteroatoms. The second-order valence-corrected chi connectivity index (χ2v) is 6.18. The molecule has 1 atom stereocenters. The lowest BCUT2D eigenvalue weighted by Gasteiger charge is -2.35. The van der Waals surface area contributed by atoms with Crippen molar-refractivity contribution < 1.29 is 0 Å². The molecule has 118 valence electrons. The van der Waals surface area contributed by atoms with Gasteiger partial charge in [0.25, 0.3) is 0 Å². The largest absolute Gasteiger partial charge is 0.288 e. The zero-order valence-corrected chi connectivity index (χ0v) is 13.7. The van der Waals surface area contributed by atoms with Crippen LogP contribution in [0.3, 0.4) is 0 Å². The number of rotatable bonds is 6. The first-order valence-electron chi connectivity index (χ1n) is 8.53. The summed E-state index contributed by atoms with van der Waals surface area (Å²) in [5.74, 6) is 0. The summed E-state index contributed by atoms with van der Waals surface area (Å²) in [5.41, 5.74) is 4.21. The Morgan fingerprint density at radius 1 is 1.00 bits per heavy atom. The van der Waals surface area contributed by atoms with Crippen molar-refractivity contribution in [2.75, 3.05) is 6.54 Å². The molecule has 0 fully saturated rings. The van der Waals surface area contributed by atoms with Crippen LogP contribution in [0.4, 0.5) is 0 Å². The van der Waals surface area contributed by atoms with Crippen molar-refractivity contribution in [3.05, 3.63) is 90.5 Å². The summed E-state index contributed by atoms with van der Waals surface area (Å²) in [6.45, 7) is 5.87. The third kappa shape index (κ3) is 4.00. The maximum Gasteiger partial charge on any atom is 0.0357 e. The Balaban J connectivity index is 1.86. The molecule has 2 aromatic carbocycles. The van der Waals surface area contributed by atoms with E-state index in [1.165, 1.54) is 36.0 Å². The summed E-state index contributed by atoms with van der Waals surface area (Å²) in [5, 5.41) is 0. The number of allylic oxidation sites excluding steroid dienone is 1. The molecule has 0 aliphatic heterocycles. The van der Waals surface area contributed by atoms with Gasteiger partial charge in [-0.05, 0) is 36.0 Å². The first-order chi connectivity index (χ1) is 11.4. The summed E-state index contributed by atoms with van der Waals surface area (Å²) in [6, 6.07) is 22.1. The molecule has 1 aliphatic carbocycles. The average Bonchev–Trinajstić information content (AvgIpc) is 2.63. The molecule has 1 nitrogen and oxygen atoms in total. The molecule has 0 radical (unpaired) electrons. The predicted octanol–water partition coefficient (Wildman–Crippen LogP) is 5.31. The van der Waals surface area contributed by atoms with E-state index in [2.05, 4.69) is 78.2 Å². The highest BCUT2D eigenvalue weighted by Gasteiger charge is 2.24. The molecule has 0 saturated heterocycles. The van der Waals surface area contributed by atoms with E-state index < -0.39 is 0 Å². The van der Waals surface area contributed by atoms with Crippen molar-refractivity contribution in [2.45, 2.75) is 31.8 Å². The quantitative estimate of drug-likeness (QED) is 0.654. The van der Waals surface area contributed by atoms with Gasteiger partial charge in [0.15, 0.2) is 0 Å². The van der Waals surface area contributed by atoms with Crippen LogP contribution < -0.4 is 0 Å². The van der Waals surface area contributed by atoms with Gasteiger partial charge in [-0.1, -0.05) is 72.8 Å². The van der Waals surface area contributed by atoms with Crippen LogP contribution in [0.2, 0.25) is 0 Å². The molecule has 3 rings (SSSR count). The smallest absolute Gasteiger partial charge is 0.0357 e. The standard InChI is InChI=1S/C22H25N/c1-2-17-23(18-19-11-5-3-6-12-19)22-16-10-9-15-21(22)20-13-7-4-8-14-20/h2-8,11-15,22H,1,9-10,16-18H2. The van der Waals surface area contributed by atoms with E-state index in [0.29, 0.717) is 6.04 Å². The minimum absolute atomic E-state index is 0.476. The van der Waals surface area contributed by atoms with Gasteiger partial charge in [-0.15, -0.1) is 6.58 Å². The lowest BCUT2D eigenvalue weighted by atomic mass is 9.87. The Bertz CT molecular complexity index is 642. The Morgan fingerprint density at radius 2 is 1.70 bits per heavy atom.